The highest BCUT2D eigenvalue weighted by molar-refractivity contribution is 6.31. The normalized spacial score (nSPS) is 11.5. The number of carbonyl (C=O) groups is 1. The highest BCUT2D eigenvalue weighted by atomic mass is 35.5. The van der Waals surface area contributed by atoms with Crippen LogP contribution in [0.5, 0.6) is 5.75 Å². The first kappa shape index (κ1) is 21.5. The van der Waals surface area contributed by atoms with Crippen molar-refractivity contribution in [2.75, 3.05) is 11.9 Å². The predicted molar refractivity (Wildman–Crippen MR) is 111 cm³/mol. The summed E-state index contributed by atoms with van der Waals surface area (Å²) in [6.45, 7) is -0.753. The highest BCUT2D eigenvalue weighted by Gasteiger charge is 2.33. The Morgan fingerprint density at radius 1 is 1.09 bits per heavy atom. The molecule has 0 bridgehead atoms. The molecule has 0 unspecified atom stereocenters. The van der Waals surface area contributed by atoms with Crippen molar-refractivity contribution in [2.45, 2.75) is 6.18 Å². The van der Waals surface area contributed by atoms with Crippen LogP contribution in [0, 0.1) is 0 Å². The molecule has 4 aromatic rings. The number of nitrogens with one attached hydrogen (secondary N) is 1. The smallest absolute Gasteiger partial charge is 0.418 e. The second-order valence-corrected chi connectivity index (χ2v) is 7.02. The van der Waals surface area contributed by atoms with Crippen LogP contribution in [-0.4, -0.2) is 12.5 Å². The van der Waals surface area contributed by atoms with Gasteiger partial charge in [0.15, 0.2) is 12.4 Å². The second-order valence-electron chi connectivity index (χ2n) is 6.59. The molecule has 2 heterocycles. The van der Waals surface area contributed by atoms with Crippen LogP contribution in [0.1, 0.15) is 5.56 Å². The summed E-state index contributed by atoms with van der Waals surface area (Å²) >= 11 is 5.96. The van der Waals surface area contributed by atoms with Crippen molar-refractivity contribution < 1.29 is 31.5 Å². The van der Waals surface area contributed by atoms with Gasteiger partial charge in [0.05, 0.1) is 22.9 Å². The fraction of sp³-hybridized carbons (Fsp3) is 0.0909. The van der Waals surface area contributed by atoms with E-state index >= 15 is 0 Å². The van der Waals surface area contributed by atoms with E-state index in [0.29, 0.717) is 0 Å². The third-order valence-corrected chi connectivity index (χ3v) is 4.64. The molecule has 10 heteroatoms. The summed E-state index contributed by atoms with van der Waals surface area (Å²) in [6.07, 6.45) is -3.30. The van der Waals surface area contributed by atoms with Gasteiger partial charge in [-0.15, -0.1) is 0 Å². The van der Waals surface area contributed by atoms with Crippen molar-refractivity contribution >= 4 is 34.2 Å². The third kappa shape index (κ3) is 4.33. The Balaban J connectivity index is 1.65. The van der Waals surface area contributed by atoms with Crippen LogP contribution in [0.2, 0.25) is 5.02 Å². The average Bonchev–Trinajstić information content (AvgIpc) is 3.28. The number of carbonyl (C=O) groups excluding carboxylic acids is 1. The van der Waals surface area contributed by atoms with Crippen LogP contribution in [0.25, 0.3) is 22.5 Å². The molecule has 0 radical (unpaired) electrons. The maximum Gasteiger partial charge on any atom is 0.418 e. The topological polar surface area (TPSA) is 81.7 Å². The number of halogens is 4. The summed E-state index contributed by atoms with van der Waals surface area (Å²) in [5, 5.41) is 2.53. The molecule has 1 N–H and O–H groups in total. The van der Waals surface area contributed by atoms with E-state index in [9.17, 15) is 22.8 Å². The molecule has 0 fully saturated rings. The number of ether oxygens (including phenoxy) is 1. The molecule has 32 heavy (non-hydrogen) atoms. The van der Waals surface area contributed by atoms with Crippen molar-refractivity contribution in [3.63, 3.8) is 0 Å². The van der Waals surface area contributed by atoms with E-state index in [1.165, 1.54) is 42.7 Å². The SMILES string of the molecule is O=C(COc1c(-c2ccco2)oc2ccc(Cl)cc2c1=O)Nc1ccccc1C(F)(F)F. The van der Waals surface area contributed by atoms with E-state index in [0.717, 1.165) is 12.1 Å². The first-order valence-corrected chi connectivity index (χ1v) is 9.51. The van der Waals surface area contributed by atoms with Crippen molar-refractivity contribution in [3.05, 3.63) is 81.7 Å². The summed E-state index contributed by atoms with van der Waals surface area (Å²) in [4.78, 5) is 25.3. The lowest BCUT2D eigenvalue weighted by atomic mass is 10.1. The van der Waals surface area contributed by atoms with Gasteiger partial charge in [0.25, 0.3) is 5.91 Å². The summed E-state index contributed by atoms with van der Waals surface area (Å²) < 4.78 is 55.8. The van der Waals surface area contributed by atoms with Crippen molar-refractivity contribution in [1.29, 1.82) is 0 Å². The van der Waals surface area contributed by atoms with Crippen molar-refractivity contribution in [3.8, 4) is 17.3 Å². The van der Waals surface area contributed by atoms with Gasteiger partial charge < -0.3 is 18.9 Å². The summed E-state index contributed by atoms with van der Waals surface area (Å²) in [7, 11) is 0. The van der Waals surface area contributed by atoms with E-state index in [1.54, 1.807) is 6.07 Å². The van der Waals surface area contributed by atoms with Gasteiger partial charge in [0.2, 0.25) is 16.9 Å². The van der Waals surface area contributed by atoms with Crippen LogP contribution in [-0.2, 0) is 11.0 Å². The molecule has 0 aliphatic heterocycles. The quantitative estimate of drug-likeness (QED) is 0.408. The molecule has 0 saturated carbocycles. The average molecular weight is 464 g/mol. The standard InChI is InChI=1S/C22H13ClF3NO5/c23-12-7-8-16-13(10-12)19(29)21(20(32-16)17-6-3-9-30-17)31-11-18(28)27-15-5-2-1-4-14(15)22(24,25)26/h1-10H,11H2,(H,27,28). The van der Waals surface area contributed by atoms with Gasteiger partial charge in [-0.25, -0.2) is 0 Å². The van der Waals surface area contributed by atoms with Gasteiger partial charge in [-0.3, -0.25) is 9.59 Å². The fourth-order valence-electron chi connectivity index (χ4n) is 3.01. The minimum Gasteiger partial charge on any atom is -0.476 e. The molecule has 0 aliphatic carbocycles. The molecule has 2 aromatic carbocycles. The number of benzene rings is 2. The fourth-order valence-corrected chi connectivity index (χ4v) is 3.19. The summed E-state index contributed by atoms with van der Waals surface area (Å²) in [5.41, 5.74) is -1.85. The van der Waals surface area contributed by atoms with Crippen LogP contribution in [0.3, 0.4) is 0 Å². The second kappa shape index (κ2) is 8.43. The molecule has 0 spiro atoms. The maximum absolute atomic E-state index is 13.1. The number of furan rings is 1. The Morgan fingerprint density at radius 2 is 1.88 bits per heavy atom. The molecule has 6 nitrogen and oxygen atoms in total. The first-order valence-electron chi connectivity index (χ1n) is 9.13. The molecule has 2 aromatic heterocycles. The largest absolute Gasteiger partial charge is 0.476 e. The number of anilines is 1. The van der Waals surface area contributed by atoms with Gasteiger partial charge in [0.1, 0.15) is 5.58 Å². The zero-order valence-electron chi connectivity index (χ0n) is 16.0. The lowest BCUT2D eigenvalue weighted by molar-refractivity contribution is -0.137. The minimum absolute atomic E-state index is 0.0710. The first-order chi connectivity index (χ1) is 15.2. The number of fused-ring (bicyclic) bond motifs is 1. The summed E-state index contributed by atoms with van der Waals surface area (Å²) in [5.74, 6) is -1.15. The molecular formula is C22H13ClF3NO5. The summed E-state index contributed by atoms with van der Waals surface area (Å²) in [6, 6.07) is 12.0. The number of alkyl halides is 3. The molecule has 0 atom stereocenters. The van der Waals surface area contributed by atoms with Crippen LogP contribution in [0.15, 0.2) is 74.5 Å². The van der Waals surface area contributed by atoms with Gasteiger partial charge in [-0.1, -0.05) is 23.7 Å². The third-order valence-electron chi connectivity index (χ3n) is 4.41. The number of rotatable bonds is 5. The van der Waals surface area contributed by atoms with Crippen LogP contribution < -0.4 is 15.5 Å². The van der Waals surface area contributed by atoms with Crippen LogP contribution in [0.4, 0.5) is 18.9 Å². The van der Waals surface area contributed by atoms with E-state index in [-0.39, 0.29) is 33.3 Å². The van der Waals surface area contributed by atoms with E-state index in [4.69, 9.17) is 25.2 Å². The zero-order valence-corrected chi connectivity index (χ0v) is 16.8. The van der Waals surface area contributed by atoms with Gasteiger partial charge in [0, 0.05) is 5.02 Å². The Kier molecular flexibility index (Phi) is 5.67. The lowest BCUT2D eigenvalue weighted by Crippen LogP contribution is -2.24. The Morgan fingerprint density at radius 3 is 2.59 bits per heavy atom. The highest BCUT2D eigenvalue weighted by Crippen LogP contribution is 2.35. The monoisotopic (exact) mass is 463 g/mol. The van der Waals surface area contributed by atoms with Gasteiger partial charge in [-0.05, 0) is 42.5 Å². The van der Waals surface area contributed by atoms with Gasteiger partial charge in [-0.2, -0.15) is 13.2 Å². The molecule has 0 saturated heterocycles. The number of hydrogen-bond acceptors (Lipinski definition) is 5. The molecular weight excluding hydrogens is 451 g/mol. The Bertz CT molecular complexity index is 1350. The number of para-hydroxylation sites is 1. The molecule has 4 rings (SSSR count). The zero-order chi connectivity index (χ0) is 22.9. The number of hydrogen-bond donors (Lipinski definition) is 1. The van der Waals surface area contributed by atoms with E-state index in [2.05, 4.69) is 5.32 Å². The Hall–Kier alpha value is -3.72. The van der Waals surface area contributed by atoms with E-state index in [1.807, 2.05) is 0 Å². The number of amides is 1. The van der Waals surface area contributed by atoms with Crippen LogP contribution >= 0.6 is 11.6 Å². The minimum atomic E-state index is -4.66. The van der Waals surface area contributed by atoms with Crippen molar-refractivity contribution in [2.24, 2.45) is 0 Å². The maximum atomic E-state index is 13.1. The Labute approximate surface area is 183 Å². The lowest BCUT2D eigenvalue weighted by Gasteiger charge is -2.14. The molecule has 164 valence electrons. The van der Waals surface area contributed by atoms with Gasteiger partial charge >= 0.3 is 6.18 Å². The molecule has 1 amide bonds. The van der Waals surface area contributed by atoms with Crippen molar-refractivity contribution in [1.82, 2.24) is 0 Å². The molecule has 0 aliphatic rings. The predicted octanol–water partition coefficient (Wildman–Crippen LogP) is 5.74. The van der Waals surface area contributed by atoms with E-state index < -0.39 is 35.4 Å².